The smallest absolute Gasteiger partial charge is 0.323 e. The number of azide groups is 1. The summed E-state index contributed by atoms with van der Waals surface area (Å²) in [5, 5.41) is 15.6. The van der Waals surface area contributed by atoms with Gasteiger partial charge >= 0.3 is 5.97 Å². The largest absolute Gasteiger partial charge is 0.480 e. The molecule has 0 aliphatic carbocycles. The maximum Gasteiger partial charge on any atom is 0.323 e. The van der Waals surface area contributed by atoms with Crippen molar-refractivity contribution < 1.29 is 9.90 Å². The summed E-state index contributed by atoms with van der Waals surface area (Å²) in [6.07, 6.45) is 6.11. The van der Waals surface area contributed by atoms with Gasteiger partial charge in [-0.25, -0.2) is 0 Å². The molecule has 0 aromatic carbocycles. The summed E-state index contributed by atoms with van der Waals surface area (Å²) in [5.74, 6) is -0.848. The predicted octanol–water partition coefficient (Wildman–Crippen LogP) is 3.09. The molecule has 0 aliphatic heterocycles. The third-order valence-electron chi connectivity index (χ3n) is 3.04. The van der Waals surface area contributed by atoms with E-state index in [-0.39, 0.29) is 6.54 Å². The van der Waals surface area contributed by atoms with Crippen LogP contribution in [0.15, 0.2) is 5.11 Å². The number of carboxylic acids is 1. The van der Waals surface area contributed by atoms with Gasteiger partial charge in [0, 0.05) is 18.0 Å². The van der Waals surface area contributed by atoms with Crippen molar-refractivity contribution in [2.45, 2.75) is 57.9 Å². The van der Waals surface area contributed by atoms with E-state index in [1.807, 2.05) is 0 Å². The van der Waals surface area contributed by atoms with Crippen molar-refractivity contribution in [2.75, 3.05) is 13.1 Å². The fourth-order valence-electron chi connectivity index (χ4n) is 1.78. The first-order chi connectivity index (χ1) is 8.56. The third kappa shape index (κ3) is 7.14. The Labute approximate surface area is 108 Å². The molecule has 0 radical (unpaired) electrons. The zero-order chi connectivity index (χ0) is 13.9. The van der Waals surface area contributed by atoms with Crippen molar-refractivity contribution in [3.05, 3.63) is 10.4 Å². The van der Waals surface area contributed by atoms with Crippen molar-refractivity contribution in [3.8, 4) is 0 Å². The molecule has 6 heteroatoms. The highest BCUT2D eigenvalue weighted by atomic mass is 16.4. The Balaban J connectivity index is 4.01. The molecule has 6 nitrogen and oxygen atoms in total. The summed E-state index contributed by atoms with van der Waals surface area (Å²) >= 11 is 0. The minimum atomic E-state index is -0.919. The van der Waals surface area contributed by atoms with Crippen LogP contribution in [0.5, 0.6) is 0 Å². The van der Waals surface area contributed by atoms with E-state index in [0.29, 0.717) is 13.0 Å². The molecule has 1 atom stereocenters. The van der Waals surface area contributed by atoms with Crippen LogP contribution < -0.4 is 5.32 Å². The zero-order valence-electron chi connectivity index (χ0n) is 11.4. The van der Waals surface area contributed by atoms with Gasteiger partial charge in [0.05, 0.1) is 0 Å². The molecule has 2 N–H and O–H groups in total. The summed E-state index contributed by atoms with van der Waals surface area (Å²) in [6.45, 7) is 4.50. The van der Waals surface area contributed by atoms with Gasteiger partial charge in [-0.3, -0.25) is 4.79 Å². The second-order valence-corrected chi connectivity index (χ2v) is 4.68. The topological polar surface area (TPSA) is 98.1 Å². The Hall–Kier alpha value is -1.26. The van der Waals surface area contributed by atoms with Crippen LogP contribution in [0.1, 0.15) is 52.4 Å². The third-order valence-corrected chi connectivity index (χ3v) is 3.04. The lowest BCUT2D eigenvalue weighted by Crippen LogP contribution is -2.50. The Morgan fingerprint density at radius 1 is 1.39 bits per heavy atom. The molecule has 0 amide bonds. The summed E-state index contributed by atoms with van der Waals surface area (Å²) in [4.78, 5) is 13.9. The standard InChI is InChI=1S/C12H24N4O2/c1-3-4-5-6-7-8-12(2,11(17)18)14-9-10-15-16-13/h14H,3-10H2,1-2H3,(H,17,18). The molecule has 0 bridgehead atoms. The number of hydrogen-bond donors (Lipinski definition) is 2. The number of nitrogens with zero attached hydrogens (tertiary/aromatic N) is 3. The highest BCUT2D eigenvalue weighted by Gasteiger charge is 2.31. The Morgan fingerprint density at radius 3 is 2.61 bits per heavy atom. The lowest BCUT2D eigenvalue weighted by atomic mass is 9.94. The van der Waals surface area contributed by atoms with Gasteiger partial charge in [0.15, 0.2) is 0 Å². The van der Waals surface area contributed by atoms with Gasteiger partial charge < -0.3 is 10.4 Å². The minimum absolute atomic E-state index is 0.273. The summed E-state index contributed by atoms with van der Waals surface area (Å²) in [7, 11) is 0. The van der Waals surface area contributed by atoms with Crippen molar-refractivity contribution in [1.82, 2.24) is 5.32 Å². The fraction of sp³-hybridized carbons (Fsp3) is 0.917. The quantitative estimate of drug-likeness (QED) is 0.257. The Bertz CT molecular complexity index is 290. The lowest BCUT2D eigenvalue weighted by Gasteiger charge is -2.26. The van der Waals surface area contributed by atoms with Gasteiger partial charge in [0.25, 0.3) is 0 Å². The molecule has 0 spiro atoms. The average molecular weight is 256 g/mol. The second kappa shape index (κ2) is 9.74. The molecule has 1 unspecified atom stereocenters. The minimum Gasteiger partial charge on any atom is -0.480 e. The van der Waals surface area contributed by atoms with Crippen LogP contribution in [-0.2, 0) is 4.79 Å². The highest BCUT2D eigenvalue weighted by molar-refractivity contribution is 5.78. The Morgan fingerprint density at radius 2 is 2.06 bits per heavy atom. The number of carbonyl (C=O) groups is 1. The van der Waals surface area contributed by atoms with Gasteiger partial charge in [0.1, 0.15) is 5.54 Å². The van der Waals surface area contributed by atoms with E-state index < -0.39 is 11.5 Å². The number of hydrogen-bond acceptors (Lipinski definition) is 3. The summed E-state index contributed by atoms with van der Waals surface area (Å²) in [5.41, 5.74) is 7.22. The van der Waals surface area contributed by atoms with E-state index in [2.05, 4.69) is 22.3 Å². The highest BCUT2D eigenvalue weighted by Crippen LogP contribution is 2.16. The zero-order valence-corrected chi connectivity index (χ0v) is 11.4. The van der Waals surface area contributed by atoms with E-state index in [0.717, 1.165) is 19.3 Å². The summed E-state index contributed by atoms with van der Waals surface area (Å²) in [6, 6.07) is 0. The van der Waals surface area contributed by atoms with Gasteiger partial charge in [-0.05, 0) is 18.9 Å². The van der Waals surface area contributed by atoms with Gasteiger partial charge in [-0.1, -0.05) is 44.1 Å². The first-order valence-corrected chi connectivity index (χ1v) is 6.56. The van der Waals surface area contributed by atoms with Crippen LogP contribution in [0.2, 0.25) is 0 Å². The van der Waals surface area contributed by atoms with Crippen molar-refractivity contribution in [2.24, 2.45) is 5.11 Å². The van der Waals surface area contributed by atoms with Crippen molar-refractivity contribution in [3.63, 3.8) is 0 Å². The van der Waals surface area contributed by atoms with Crippen molar-refractivity contribution in [1.29, 1.82) is 0 Å². The fourth-order valence-corrected chi connectivity index (χ4v) is 1.78. The van der Waals surface area contributed by atoms with Crippen LogP contribution >= 0.6 is 0 Å². The molecule has 0 aromatic heterocycles. The molecule has 18 heavy (non-hydrogen) atoms. The normalized spacial score (nSPS) is 13.7. The first-order valence-electron chi connectivity index (χ1n) is 6.56. The molecule has 0 heterocycles. The molecule has 0 fully saturated rings. The van der Waals surface area contributed by atoms with E-state index >= 15 is 0 Å². The molecular formula is C12H24N4O2. The number of rotatable bonds is 11. The lowest BCUT2D eigenvalue weighted by molar-refractivity contribution is -0.144. The molecule has 0 aromatic rings. The van der Waals surface area contributed by atoms with Crippen molar-refractivity contribution >= 4 is 5.97 Å². The molecular weight excluding hydrogens is 232 g/mol. The maximum atomic E-state index is 11.2. The monoisotopic (exact) mass is 256 g/mol. The SMILES string of the molecule is CCCCCCCC(C)(NCCN=[N+]=[N-])C(=O)O. The van der Waals surface area contributed by atoms with E-state index in [1.165, 1.54) is 12.8 Å². The van der Waals surface area contributed by atoms with Crippen LogP contribution in [0.4, 0.5) is 0 Å². The molecule has 0 saturated heterocycles. The van der Waals surface area contributed by atoms with E-state index in [9.17, 15) is 9.90 Å². The molecule has 0 aliphatic rings. The number of carboxylic acid groups (broad SMARTS) is 1. The Kier molecular flexibility index (Phi) is 9.06. The van der Waals surface area contributed by atoms with Gasteiger partial charge in [-0.2, -0.15) is 0 Å². The number of aliphatic carboxylic acids is 1. The molecule has 0 saturated carbocycles. The van der Waals surface area contributed by atoms with Gasteiger partial charge in [-0.15, -0.1) is 0 Å². The number of unbranched alkanes of at least 4 members (excludes halogenated alkanes) is 4. The molecule has 0 rings (SSSR count). The second-order valence-electron chi connectivity index (χ2n) is 4.68. The van der Waals surface area contributed by atoms with Crippen LogP contribution in [0, 0.1) is 0 Å². The summed E-state index contributed by atoms with van der Waals surface area (Å²) < 4.78 is 0. The predicted molar refractivity (Wildman–Crippen MR) is 71.4 cm³/mol. The van der Waals surface area contributed by atoms with Gasteiger partial charge in [0.2, 0.25) is 0 Å². The maximum absolute atomic E-state index is 11.2. The van der Waals surface area contributed by atoms with Crippen LogP contribution in [0.3, 0.4) is 0 Å². The van der Waals surface area contributed by atoms with E-state index in [1.54, 1.807) is 6.92 Å². The first kappa shape index (κ1) is 16.7. The van der Waals surface area contributed by atoms with Crippen LogP contribution in [-0.4, -0.2) is 29.7 Å². The number of nitrogens with one attached hydrogen (secondary N) is 1. The van der Waals surface area contributed by atoms with Crippen LogP contribution in [0.25, 0.3) is 10.4 Å². The molecule has 104 valence electrons. The average Bonchev–Trinajstić information content (AvgIpc) is 2.34. The van der Waals surface area contributed by atoms with E-state index in [4.69, 9.17) is 5.53 Å².